The van der Waals surface area contributed by atoms with Crippen molar-refractivity contribution in [2.75, 3.05) is 6.61 Å². The van der Waals surface area contributed by atoms with Gasteiger partial charge in [-0.25, -0.2) is 4.39 Å². The number of esters is 1. The van der Waals surface area contributed by atoms with Crippen LogP contribution in [0.2, 0.25) is 5.02 Å². The van der Waals surface area contributed by atoms with E-state index in [1.807, 2.05) is 6.07 Å². The summed E-state index contributed by atoms with van der Waals surface area (Å²) >= 11 is 5.61. The fraction of sp³-hybridized carbons (Fsp3) is 0.333. The number of hydrogen-bond acceptors (Lipinski definition) is 3. The molecule has 0 fully saturated rings. The second-order valence-corrected chi connectivity index (χ2v) is 3.79. The molecule has 0 aliphatic rings. The highest BCUT2D eigenvalue weighted by Gasteiger charge is 2.19. The number of nitriles is 1. The van der Waals surface area contributed by atoms with E-state index < -0.39 is 17.7 Å². The van der Waals surface area contributed by atoms with Crippen molar-refractivity contribution in [3.05, 3.63) is 34.6 Å². The standard InChI is InChI=1S/C12H11ClFNO2/c1-2-17-12(16)9(7-15)5-8-3-4-11(14)10(13)6-8/h3-4,6,9H,2,5H2,1H3. The van der Waals surface area contributed by atoms with Gasteiger partial charge in [-0.05, 0) is 31.0 Å². The molecule has 5 heteroatoms. The Labute approximate surface area is 104 Å². The predicted molar refractivity (Wildman–Crippen MR) is 60.9 cm³/mol. The Hall–Kier alpha value is -1.60. The minimum absolute atomic E-state index is 0.0250. The van der Waals surface area contributed by atoms with Crippen LogP contribution in [-0.4, -0.2) is 12.6 Å². The molecule has 0 bridgehead atoms. The number of nitrogens with zero attached hydrogens (tertiary/aromatic N) is 1. The van der Waals surface area contributed by atoms with Crippen molar-refractivity contribution in [3.63, 3.8) is 0 Å². The fourth-order valence-corrected chi connectivity index (χ4v) is 1.53. The first-order valence-electron chi connectivity index (χ1n) is 5.08. The van der Waals surface area contributed by atoms with Gasteiger partial charge in [0.1, 0.15) is 11.7 Å². The van der Waals surface area contributed by atoms with Crippen LogP contribution in [0.15, 0.2) is 18.2 Å². The van der Waals surface area contributed by atoms with E-state index in [1.165, 1.54) is 18.2 Å². The van der Waals surface area contributed by atoms with Crippen LogP contribution >= 0.6 is 11.6 Å². The Kier molecular flexibility index (Phi) is 4.92. The van der Waals surface area contributed by atoms with E-state index in [0.29, 0.717) is 5.56 Å². The van der Waals surface area contributed by atoms with Gasteiger partial charge in [-0.2, -0.15) is 5.26 Å². The Bertz CT molecular complexity index is 456. The molecule has 0 radical (unpaired) electrons. The summed E-state index contributed by atoms with van der Waals surface area (Å²) in [5.74, 6) is -1.99. The molecule has 1 unspecified atom stereocenters. The van der Waals surface area contributed by atoms with Crippen molar-refractivity contribution in [2.24, 2.45) is 5.92 Å². The average molecular weight is 256 g/mol. The molecular weight excluding hydrogens is 245 g/mol. The quantitative estimate of drug-likeness (QED) is 0.778. The molecule has 0 heterocycles. The Morgan fingerprint density at radius 2 is 2.35 bits per heavy atom. The zero-order valence-corrected chi connectivity index (χ0v) is 10.00. The third-order valence-corrected chi connectivity index (χ3v) is 2.44. The van der Waals surface area contributed by atoms with E-state index in [0.717, 1.165) is 0 Å². The fourth-order valence-electron chi connectivity index (χ4n) is 1.33. The smallest absolute Gasteiger partial charge is 0.323 e. The van der Waals surface area contributed by atoms with Crippen molar-refractivity contribution in [1.82, 2.24) is 0 Å². The van der Waals surface area contributed by atoms with Gasteiger partial charge in [-0.3, -0.25) is 4.79 Å². The molecule has 90 valence electrons. The highest BCUT2D eigenvalue weighted by Crippen LogP contribution is 2.18. The van der Waals surface area contributed by atoms with Gasteiger partial charge >= 0.3 is 5.97 Å². The van der Waals surface area contributed by atoms with Gasteiger partial charge in [0.2, 0.25) is 0 Å². The highest BCUT2D eigenvalue weighted by molar-refractivity contribution is 6.30. The van der Waals surface area contributed by atoms with Crippen molar-refractivity contribution in [1.29, 1.82) is 5.26 Å². The minimum Gasteiger partial charge on any atom is -0.465 e. The third kappa shape index (κ3) is 3.72. The Morgan fingerprint density at radius 3 is 2.88 bits per heavy atom. The van der Waals surface area contributed by atoms with Gasteiger partial charge < -0.3 is 4.74 Å². The van der Waals surface area contributed by atoms with Crippen molar-refractivity contribution >= 4 is 17.6 Å². The third-order valence-electron chi connectivity index (χ3n) is 2.15. The number of rotatable bonds is 4. The largest absolute Gasteiger partial charge is 0.465 e. The van der Waals surface area contributed by atoms with Gasteiger partial charge in [-0.1, -0.05) is 17.7 Å². The van der Waals surface area contributed by atoms with Crippen LogP contribution in [0.1, 0.15) is 12.5 Å². The van der Waals surface area contributed by atoms with Crippen LogP contribution in [0.3, 0.4) is 0 Å². The average Bonchev–Trinajstić information content (AvgIpc) is 2.30. The molecular formula is C12H11ClFNO2. The molecule has 0 saturated heterocycles. The lowest BCUT2D eigenvalue weighted by molar-refractivity contribution is -0.145. The van der Waals surface area contributed by atoms with Gasteiger partial charge in [0.25, 0.3) is 0 Å². The maximum Gasteiger partial charge on any atom is 0.323 e. The summed E-state index contributed by atoms with van der Waals surface area (Å²) in [7, 11) is 0. The van der Waals surface area contributed by atoms with Crippen LogP contribution in [0.25, 0.3) is 0 Å². The van der Waals surface area contributed by atoms with E-state index >= 15 is 0 Å². The monoisotopic (exact) mass is 255 g/mol. The number of ether oxygens (including phenoxy) is 1. The molecule has 1 aromatic carbocycles. The molecule has 1 rings (SSSR count). The van der Waals surface area contributed by atoms with Crippen LogP contribution in [0.4, 0.5) is 4.39 Å². The maximum absolute atomic E-state index is 12.9. The first kappa shape index (κ1) is 13.5. The molecule has 0 amide bonds. The van der Waals surface area contributed by atoms with Gasteiger partial charge in [0, 0.05) is 0 Å². The molecule has 3 nitrogen and oxygen atoms in total. The summed E-state index contributed by atoms with van der Waals surface area (Å²) in [5, 5.41) is 8.83. The van der Waals surface area contributed by atoms with E-state index in [1.54, 1.807) is 6.92 Å². The zero-order chi connectivity index (χ0) is 12.8. The lowest BCUT2D eigenvalue weighted by atomic mass is 10.0. The number of halogens is 2. The summed E-state index contributed by atoms with van der Waals surface area (Å²) in [6.07, 6.45) is 0.162. The summed E-state index contributed by atoms with van der Waals surface area (Å²) in [4.78, 5) is 11.4. The number of hydrogen-bond donors (Lipinski definition) is 0. The van der Waals surface area contributed by atoms with E-state index in [9.17, 15) is 9.18 Å². The topological polar surface area (TPSA) is 50.1 Å². The molecule has 0 aliphatic heterocycles. The summed E-state index contributed by atoms with van der Waals surface area (Å²) in [5.41, 5.74) is 0.621. The zero-order valence-electron chi connectivity index (χ0n) is 9.24. The Balaban J connectivity index is 2.78. The van der Waals surface area contributed by atoms with E-state index in [2.05, 4.69) is 0 Å². The lowest BCUT2D eigenvalue weighted by Gasteiger charge is -2.08. The maximum atomic E-state index is 12.9. The molecule has 0 saturated carbocycles. The number of benzene rings is 1. The second-order valence-electron chi connectivity index (χ2n) is 3.39. The summed E-state index contributed by atoms with van der Waals surface area (Å²) in [6, 6.07) is 5.96. The highest BCUT2D eigenvalue weighted by atomic mass is 35.5. The van der Waals surface area contributed by atoms with Crippen LogP contribution in [0.5, 0.6) is 0 Å². The minimum atomic E-state index is -0.892. The van der Waals surface area contributed by atoms with E-state index in [4.69, 9.17) is 21.6 Å². The van der Waals surface area contributed by atoms with Crippen molar-refractivity contribution < 1.29 is 13.9 Å². The molecule has 1 aromatic rings. The lowest BCUT2D eigenvalue weighted by Crippen LogP contribution is -2.18. The molecule has 17 heavy (non-hydrogen) atoms. The van der Waals surface area contributed by atoms with Crippen molar-refractivity contribution in [2.45, 2.75) is 13.3 Å². The summed E-state index contributed by atoms with van der Waals surface area (Å²) in [6.45, 7) is 1.89. The molecule has 0 spiro atoms. The van der Waals surface area contributed by atoms with Crippen LogP contribution in [0, 0.1) is 23.1 Å². The predicted octanol–water partition coefficient (Wildman–Crippen LogP) is 2.72. The van der Waals surface area contributed by atoms with Gasteiger partial charge in [-0.15, -0.1) is 0 Å². The second kappa shape index (κ2) is 6.21. The molecule has 0 N–H and O–H groups in total. The first-order valence-corrected chi connectivity index (χ1v) is 5.46. The van der Waals surface area contributed by atoms with Crippen LogP contribution < -0.4 is 0 Å². The normalized spacial score (nSPS) is 11.6. The molecule has 0 aromatic heterocycles. The SMILES string of the molecule is CCOC(=O)C(C#N)Cc1ccc(F)c(Cl)c1. The van der Waals surface area contributed by atoms with Gasteiger partial charge in [0.15, 0.2) is 0 Å². The first-order chi connectivity index (χ1) is 8.08. The van der Waals surface area contributed by atoms with Crippen LogP contribution in [-0.2, 0) is 16.0 Å². The van der Waals surface area contributed by atoms with Gasteiger partial charge in [0.05, 0.1) is 17.7 Å². The molecule has 0 aliphatic carbocycles. The Morgan fingerprint density at radius 1 is 1.65 bits per heavy atom. The molecule has 1 atom stereocenters. The number of carbonyl (C=O) groups is 1. The number of carbonyl (C=O) groups excluding carboxylic acids is 1. The summed E-state index contributed by atoms with van der Waals surface area (Å²) < 4.78 is 17.7. The van der Waals surface area contributed by atoms with Crippen molar-refractivity contribution in [3.8, 4) is 6.07 Å². The van der Waals surface area contributed by atoms with E-state index in [-0.39, 0.29) is 18.1 Å².